The van der Waals surface area contributed by atoms with E-state index in [-0.39, 0.29) is 0 Å². The molecule has 0 aliphatic carbocycles. The Bertz CT molecular complexity index is 454. The molecule has 5 heteroatoms. The van der Waals surface area contributed by atoms with Crippen LogP contribution in [0.1, 0.15) is 24.8 Å². The van der Waals surface area contributed by atoms with E-state index in [1.807, 2.05) is 4.90 Å². The number of nitrogens with zero attached hydrogens (tertiary/aromatic N) is 1. The third-order valence-corrected chi connectivity index (χ3v) is 3.40. The summed E-state index contributed by atoms with van der Waals surface area (Å²) in [5, 5.41) is 10.0. The summed E-state index contributed by atoms with van der Waals surface area (Å²) in [6, 6.07) is 3.58. The van der Waals surface area contributed by atoms with Crippen LogP contribution in [0.15, 0.2) is 30.9 Å². The normalized spacial score (nSPS) is 12.6. The summed E-state index contributed by atoms with van der Waals surface area (Å²) in [4.78, 5) is 1.96. The number of ether oxygens (including phenoxy) is 1. The van der Waals surface area contributed by atoms with Gasteiger partial charge >= 0.3 is 0 Å². The molecule has 1 N–H and O–H groups in total. The smallest absolute Gasteiger partial charge is 0.130 e. The molecular formula is C17H25F2NO2. The number of benzene rings is 1. The van der Waals surface area contributed by atoms with Crippen molar-refractivity contribution in [1.29, 1.82) is 0 Å². The number of halogens is 2. The van der Waals surface area contributed by atoms with Gasteiger partial charge < -0.3 is 9.84 Å². The molecule has 1 atom stereocenters. The van der Waals surface area contributed by atoms with E-state index in [0.29, 0.717) is 38.2 Å². The number of aliphatic hydroxyl groups is 1. The molecule has 0 saturated carbocycles. The number of rotatable bonds is 11. The van der Waals surface area contributed by atoms with Gasteiger partial charge in [-0.25, -0.2) is 8.78 Å². The number of aliphatic hydroxyl groups excluding tert-OH is 1. The average Bonchev–Trinajstić information content (AvgIpc) is 2.48. The Morgan fingerprint density at radius 3 is 2.82 bits per heavy atom. The maximum atomic E-state index is 13.8. The minimum atomic E-state index is -0.585. The van der Waals surface area contributed by atoms with Crippen LogP contribution in [0.3, 0.4) is 0 Å². The van der Waals surface area contributed by atoms with Gasteiger partial charge in [0.15, 0.2) is 0 Å². The Kier molecular flexibility index (Phi) is 8.89. The molecule has 0 saturated heterocycles. The highest BCUT2D eigenvalue weighted by Gasteiger charge is 2.14. The summed E-state index contributed by atoms with van der Waals surface area (Å²) in [6.07, 6.45) is 3.41. The van der Waals surface area contributed by atoms with Gasteiger partial charge in [-0.3, -0.25) is 4.90 Å². The fourth-order valence-corrected chi connectivity index (χ4v) is 2.26. The predicted molar refractivity (Wildman–Crippen MR) is 83.6 cm³/mol. The maximum Gasteiger partial charge on any atom is 0.130 e. The van der Waals surface area contributed by atoms with Gasteiger partial charge in [-0.1, -0.05) is 12.1 Å². The van der Waals surface area contributed by atoms with Crippen molar-refractivity contribution in [2.45, 2.75) is 31.9 Å². The second-order valence-electron chi connectivity index (χ2n) is 5.34. The highest BCUT2D eigenvalue weighted by atomic mass is 19.1. The van der Waals surface area contributed by atoms with E-state index >= 15 is 0 Å². The fraction of sp³-hybridized carbons (Fsp3) is 0.529. The zero-order chi connectivity index (χ0) is 16.4. The molecule has 0 bridgehead atoms. The van der Waals surface area contributed by atoms with Crippen molar-refractivity contribution in [1.82, 2.24) is 4.90 Å². The molecule has 1 aromatic rings. The highest BCUT2D eigenvalue weighted by molar-refractivity contribution is 5.18. The van der Waals surface area contributed by atoms with E-state index in [2.05, 4.69) is 6.58 Å². The second kappa shape index (κ2) is 10.4. The van der Waals surface area contributed by atoms with Gasteiger partial charge in [0, 0.05) is 45.0 Å². The van der Waals surface area contributed by atoms with Gasteiger partial charge in [0.1, 0.15) is 11.6 Å². The zero-order valence-corrected chi connectivity index (χ0v) is 13.1. The lowest BCUT2D eigenvalue weighted by molar-refractivity contribution is 0.0935. The first-order valence-electron chi connectivity index (χ1n) is 7.51. The second-order valence-corrected chi connectivity index (χ2v) is 5.34. The largest absolute Gasteiger partial charge is 0.392 e. The van der Waals surface area contributed by atoms with Gasteiger partial charge in [0.05, 0.1) is 6.10 Å². The van der Waals surface area contributed by atoms with Gasteiger partial charge in [0.25, 0.3) is 0 Å². The lowest BCUT2D eigenvalue weighted by Gasteiger charge is -2.25. The van der Waals surface area contributed by atoms with E-state index in [0.717, 1.165) is 18.9 Å². The number of allylic oxidation sites excluding steroid dienone is 1. The molecule has 1 aromatic carbocycles. The van der Waals surface area contributed by atoms with Crippen molar-refractivity contribution in [3.63, 3.8) is 0 Å². The summed E-state index contributed by atoms with van der Waals surface area (Å²) in [6.45, 7) is 5.69. The Morgan fingerprint density at radius 2 is 2.18 bits per heavy atom. The number of hydrogen-bond acceptors (Lipinski definition) is 3. The summed E-state index contributed by atoms with van der Waals surface area (Å²) in [7, 11) is 1.63. The Hall–Kier alpha value is -1.30. The lowest BCUT2D eigenvalue weighted by Crippen LogP contribution is -2.33. The summed E-state index contributed by atoms with van der Waals surface area (Å²) in [5.41, 5.74) is 0.426. The molecule has 0 heterocycles. The first-order chi connectivity index (χ1) is 10.6. The number of hydrogen-bond donors (Lipinski definition) is 1. The van der Waals surface area contributed by atoms with Crippen LogP contribution < -0.4 is 0 Å². The number of methoxy groups -OCH3 is 1. The molecule has 22 heavy (non-hydrogen) atoms. The van der Waals surface area contributed by atoms with Crippen molar-refractivity contribution in [2.24, 2.45) is 0 Å². The molecule has 0 aromatic heterocycles. The van der Waals surface area contributed by atoms with E-state index in [1.165, 1.54) is 12.1 Å². The highest BCUT2D eigenvalue weighted by Crippen LogP contribution is 2.13. The predicted octanol–water partition coefficient (Wildman–Crippen LogP) is 3.13. The summed E-state index contributed by atoms with van der Waals surface area (Å²) < 4.78 is 31.8. The van der Waals surface area contributed by atoms with E-state index in [1.54, 1.807) is 13.2 Å². The van der Waals surface area contributed by atoms with E-state index in [4.69, 9.17) is 4.74 Å². The van der Waals surface area contributed by atoms with Crippen LogP contribution in [0, 0.1) is 11.6 Å². The summed E-state index contributed by atoms with van der Waals surface area (Å²) in [5.74, 6) is -1.14. The standard InChI is InChI=1S/C17H25F2NO2/c1-3-4-6-16(21)13-20(9-5-10-22-2)12-14-7-8-15(18)11-17(14)19/h3,7-8,11,16,21H,1,4-6,9-10,12-13H2,2H3/t16-/m0/s1. The summed E-state index contributed by atoms with van der Waals surface area (Å²) >= 11 is 0. The third kappa shape index (κ3) is 7.11. The third-order valence-electron chi connectivity index (χ3n) is 3.40. The van der Waals surface area contributed by atoms with Crippen LogP contribution in [-0.2, 0) is 11.3 Å². The van der Waals surface area contributed by atoms with Crippen LogP contribution in [-0.4, -0.2) is 42.9 Å². The van der Waals surface area contributed by atoms with Crippen molar-refractivity contribution in [2.75, 3.05) is 26.8 Å². The molecule has 3 nitrogen and oxygen atoms in total. The molecule has 0 aliphatic rings. The van der Waals surface area contributed by atoms with E-state index in [9.17, 15) is 13.9 Å². The topological polar surface area (TPSA) is 32.7 Å². The molecule has 0 radical (unpaired) electrons. The van der Waals surface area contributed by atoms with Crippen molar-refractivity contribution in [3.05, 3.63) is 48.1 Å². The Balaban J connectivity index is 2.65. The van der Waals surface area contributed by atoms with Crippen molar-refractivity contribution in [3.8, 4) is 0 Å². The first kappa shape index (κ1) is 18.7. The van der Waals surface area contributed by atoms with E-state index < -0.39 is 17.7 Å². The lowest BCUT2D eigenvalue weighted by atomic mass is 10.1. The molecule has 0 aliphatic heterocycles. The van der Waals surface area contributed by atoms with Crippen LogP contribution in [0.5, 0.6) is 0 Å². The van der Waals surface area contributed by atoms with Crippen molar-refractivity contribution >= 4 is 0 Å². The van der Waals surface area contributed by atoms with Crippen LogP contribution in [0.4, 0.5) is 8.78 Å². The Morgan fingerprint density at radius 1 is 1.41 bits per heavy atom. The molecule has 0 fully saturated rings. The minimum Gasteiger partial charge on any atom is -0.392 e. The van der Waals surface area contributed by atoms with Gasteiger partial charge in [0.2, 0.25) is 0 Å². The van der Waals surface area contributed by atoms with Gasteiger partial charge in [-0.05, 0) is 25.3 Å². The minimum absolute atomic E-state index is 0.334. The molecular weight excluding hydrogens is 288 g/mol. The van der Waals surface area contributed by atoms with Gasteiger partial charge in [-0.2, -0.15) is 0 Å². The molecule has 1 rings (SSSR count). The monoisotopic (exact) mass is 313 g/mol. The average molecular weight is 313 g/mol. The molecule has 0 unspecified atom stereocenters. The molecule has 0 amide bonds. The molecule has 124 valence electrons. The van der Waals surface area contributed by atoms with Crippen molar-refractivity contribution < 1.29 is 18.6 Å². The van der Waals surface area contributed by atoms with Gasteiger partial charge in [-0.15, -0.1) is 6.58 Å². The maximum absolute atomic E-state index is 13.8. The molecule has 0 spiro atoms. The zero-order valence-electron chi connectivity index (χ0n) is 13.1. The first-order valence-corrected chi connectivity index (χ1v) is 7.51. The Labute approximate surface area is 131 Å². The quantitative estimate of drug-likeness (QED) is 0.503. The van der Waals surface area contributed by atoms with Crippen LogP contribution in [0.2, 0.25) is 0 Å². The van der Waals surface area contributed by atoms with Crippen LogP contribution in [0.25, 0.3) is 0 Å². The van der Waals surface area contributed by atoms with Crippen LogP contribution >= 0.6 is 0 Å². The fourth-order valence-electron chi connectivity index (χ4n) is 2.26. The SMILES string of the molecule is C=CCC[C@H](O)CN(CCCOC)Cc1ccc(F)cc1F.